The summed E-state index contributed by atoms with van der Waals surface area (Å²) in [6, 6.07) is 7.21. The highest BCUT2D eigenvalue weighted by Crippen LogP contribution is 2.37. The van der Waals surface area contributed by atoms with E-state index < -0.39 is 0 Å². The molecule has 1 aromatic carbocycles. The van der Waals surface area contributed by atoms with Crippen molar-refractivity contribution >= 4 is 50.4 Å². The second-order valence-electron chi connectivity index (χ2n) is 7.11. The first-order valence-electron chi connectivity index (χ1n) is 9.35. The van der Waals surface area contributed by atoms with E-state index in [1.807, 2.05) is 0 Å². The highest BCUT2D eigenvalue weighted by molar-refractivity contribution is 7.21. The summed E-state index contributed by atoms with van der Waals surface area (Å²) < 4.78 is 5.30. The summed E-state index contributed by atoms with van der Waals surface area (Å²) in [5.41, 5.74) is 9.74. The van der Waals surface area contributed by atoms with Gasteiger partial charge >= 0.3 is 0 Å². The van der Waals surface area contributed by atoms with Crippen molar-refractivity contribution in [2.75, 3.05) is 18.2 Å². The molecule has 0 fully saturated rings. The normalized spacial score (nSPS) is 16.0. The number of fused-ring (bicyclic) bond motifs is 2. The zero-order valence-corrected chi connectivity index (χ0v) is 17.4. The Kier molecular flexibility index (Phi) is 5.17. The van der Waals surface area contributed by atoms with Crippen molar-refractivity contribution in [3.05, 3.63) is 45.4 Å². The van der Waals surface area contributed by atoms with Gasteiger partial charge in [-0.15, -0.1) is 11.3 Å². The number of rotatable bonds is 4. The smallest absolute Gasteiger partial charge is 0.268 e. The average molecular weight is 416 g/mol. The lowest BCUT2D eigenvalue weighted by Crippen LogP contribution is -2.14. The second-order valence-corrected chi connectivity index (χ2v) is 8.54. The number of hydrogen-bond donors (Lipinski definition) is 2. The Morgan fingerprint density at radius 3 is 3.00 bits per heavy atom. The van der Waals surface area contributed by atoms with Gasteiger partial charge in [0, 0.05) is 16.1 Å². The van der Waals surface area contributed by atoms with Crippen molar-refractivity contribution in [3.63, 3.8) is 0 Å². The number of nitrogens with two attached hydrogens (primary N) is 1. The van der Waals surface area contributed by atoms with Crippen LogP contribution < -0.4 is 15.8 Å². The molecular formula is C21H22ClN3O2S. The van der Waals surface area contributed by atoms with E-state index in [-0.39, 0.29) is 5.91 Å². The molecule has 0 radical (unpaired) electrons. The fourth-order valence-electron chi connectivity index (χ4n) is 3.74. The largest absolute Gasteiger partial charge is 0.495 e. The molecule has 5 nitrogen and oxygen atoms in total. The van der Waals surface area contributed by atoms with E-state index in [0.717, 1.165) is 28.8 Å². The lowest BCUT2D eigenvalue weighted by atomic mass is 9.85. The van der Waals surface area contributed by atoms with Crippen LogP contribution in [0.15, 0.2) is 24.3 Å². The Labute approximate surface area is 172 Å². The molecule has 28 heavy (non-hydrogen) atoms. The van der Waals surface area contributed by atoms with Gasteiger partial charge in [0.25, 0.3) is 5.91 Å². The molecule has 2 aromatic heterocycles. The molecule has 4 rings (SSSR count). The van der Waals surface area contributed by atoms with Crippen molar-refractivity contribution in [1.29, 1.82) is 0 Å². The average Bonchev–Trinajstić information content (AvgIpc) is 3.02. The monoisotopic (exact) mass is 415 g/mol. The van der Waals surface area contributed by atoms with Crippen LogP contribution in [0.2, 0.25) is 5.02 Å². The summed E-state index contributed by atoms with van der Waals surface area (Å²) in [4.78, 5) is 19.0. The zero-order valence-electron chi connectivity index (χ0n) is 15.8. The Morgan fingerprint density at radius 2 is 2.25 bits per heavy atom. The summed E-state index contributed by atoms with van der Waals surface area (Å²) in [6.07, 6.45) is 4.37. The van der Waals surface area contributed by atoms with Crippen molar-refractivity contribution in [1.82, 2.24) is 4.98 Å². The van der Waals surface area contributed by atoms with Gasteiger partial charge in [-0.2, -0.15) is 0 Å². The molecule has 0 saturated carbocycles. The number of hydrogen-bond acceptors (Lipinski definition) is 5. The van der Waals surface area contributed by atoms with Crippen molar-refractivity contribution in [3.8, 4) is 5.75 Å². The quantitative estimate of drug-likeness (QED) is 0.605. The minimum atomic E-state index is -0.287. The maximum Gasteiger partial charge on any atom is 0.268 e. The van der Waals surface area contributed by atoms with E-state index in [2.05, 4.69) is 18.3 Å². The molecule has 146 valence electrons. The Balaban J connectivity index is 1.68. The fraction of sp³-hybridized carbons (Fsp3) is 0.333. The van der Waals surface area contributed by atoms with Gasteiger partial charge < -0.3 is 15.8 Å². The Hall–Kier alpha value is -2.31. The highest BCUT2D eigenvalue weighted by atomic mass is 35.5. The van der Waals surface area contributed by atoms with Crippen molar-refractivity contribution in [2.45, 2.75) is 32.6 Å². The molecule has 7 heteroatoms. The molecule has 1 atom stereocenters. The maximum absolute atomic E-state index is 12.9. The van der Waals surface area contributed by atoms with Gasteiger partial charge in [0.2, 0.25) is 0 Å². The van der Waals surface area contributed by atoms with Gasteiger partial charge in [0.1, 0.15) is 15.5 Å². The molecule has 1 amide bonds. The first-order valence-corrected chi connectivity index (χ1v) is 10.5. The molecule has 1 aliphatic rings. The molecule has 0 spiro atoms. The maximum atomic E-state index is 12.9. The van der Waals surface area contributed by atoms with E-state index in [9.17, 15) is 4.79 Å². The number of thiophene rings is 1. The number of nitrogens with zero attached hydrogens (tertiary/aromatic N) is 1. The molecule has 0 aliphatic heterocycles. The molecule has 2 heterocycles. The number of aromatic nitrogens is 1. The number of methoxy groups -OCH3 is 1. The van der Waals surface area contributed by atoms with E-state index in [4.69, 9.17) is 27.1 Å². The molecule has 3 aromatic rings. The van der Waals surface area contributed by atoms with Gasteiger partial charge in [0.15, 0.2) is 0 Å². The first kappa shape index (κ1) is 19.0. The number of benzene rings is 1. The third-order valence-corrected chi connectivity index (χ3v) is 6.73. The number of halogens is 1. The molecule has 0 unspecified atom stereocenters. The van der Waals surface area contributed by atoms with Crippen LogP contribution in [0.3, 0.4) is 0 Å². The van der Waals surface area contributed by atoms with Crippen LogP contribution in [-0.2, 0) is 12.8 Å². The number of aryl methyl sites for hydroxylation is 1. The Bertz CT molecular complexity index is 1060. The SMILES string of the molecule is CC[C@@H]1CCc2nc3sc(C(=O)Nc4cc(Cl)ccc4OC)c(N)c3cc2C1. The number of ether oxygens (including phenoxy) is 1. The Morgan fingerprint density at radius 1 is 1.43 bits per heavy atom. The number of carbonyl (C=O) groups excluding carboxylic acids is 1. The first-order chi connectivity index (χ1) is 13.5. The summed E-state index contributed by atoms with van der Waals surface area (Å²) in [5, 5.41) is 4.24. The van der Waals surface area contributed by atoms with E-state index in [1.165, 1.54) is 29.7 Å². The predicted octanol–water partition coefficient (Wildman–Crippen LogP) is 5.31. The van der Waals surface area contributed by atoms with Crippen LogP contribution in [-0.4, -0.2) is 18.0 Å². The number of pyridine rings is 1. The number of amides is 1. The van der Waals surface area contributed by atoms with Crippen LogP contribution in [0, 0.1) is 5.92 Å². The van der Waals surface area contributed by atoms with Gasteiger partial charge in [-0.25, -0.2) is 4.98 Å². The second kappa shape index (κ2) is 7.60. The number of anilines is 2. The molecule has 1 aliphatic carbocycles. The minimum Gasteiger partial charge on any atom is -0.495 e. The fourth-order valence-corrected chi connectivity index (χ4v) is 4.90. The van der Waals surface area contributed by atoms with E-state index >= 15 is 0 Å². The summed E-state index contributed by atoms with van der Waals surface area (Å²) in [5.74, 6) is 0.951. The lowest BCUT2D eigenvalue weighted by Gasteiger charge is -2.22. The van der Waals surface area contributed by atoms with Crippen LogP contribution >= 0.6 is 22.9 Å². The zero-order chi connectivity index (χ0) is 19.8. The topological polar surface area (TPSA) is 77.2 Å². The number of nitrogen functional groups attached to an aromatic ring is 1. The minimum absolute atomic E-state index is 0.287. The summed E-state index contributed by atoms with van der Waals surface area (Å²) in [6.45, 7) is 2.23. The van der Waals surface area contributed by atoms with Gasteiger partial charge in [-0.3, -0.25) is 4.79 Å². The molecular weight excluding hydrogens is 394 g/mol. The third kappa shape index (κ3) is 3.42. The van der Waals surface area contributed by atoms with Crippen molar-refractivity contribution < 1.29 is 9.53 Å². The third-order valence-electron chi connectivity index (χ3n) is 5.38. The van der Waals surface area contributed by atoms with Crippen LogP contribution in [0.5, 0.6) is 5.75 Å². The number of carbonyl (C=O) groups is 1. The molecule has 0 bridgehead atoms. The van der Waals surface area contributed by atoms with Gasteiger partial charge in [-0.05, 0) is 55.0 Å². The molecule has 3 N–H and O–H groups in total. The molecule has 0 saturated heterocycles. The predicted molar refractivity (Wildman–Crippen MR) is 116 cm³/mol. The highest BCUT2D eigenvalue weighted by Gasteiger charge is 2.23. The lowest BCUT2D eigenvalue weighted by molar-refractivity contribution is 0.103. The number of nitrogens with one attached hydrogen (secondary N) is 1. The van der Waals surface area contributed by atoms with Crippen LogP contribution in [0.4, 0.5) is 11.4 Å². The van der Waals surface area contributed by atoms with Gasteiger partial charge in [-0.1, -0.05) is 24.9 Å². The van der Waals surface area contributed by atoms with E-state index in [0.29, 0.717) is 32.9 Å². The van der Waals surface area contributed by atoms with E-state index in [1.54, 1.807) is 25.3 Å². The van der Waals surface area contributed by atoms with Crippen LogP contribution in [0.25, 0.3) is 10.2 Å². The van der Waals surface area contributed by atoms with Crippen molar-refractivity contribution in [2.24, 2.45) is 5.92 Å². The summed E-state index contributed by atoms with van der Waals surface area (Å²) >= 11 is 7.38. The van der Waals surface area contributed by atoms with Gasteiger partial charge in [0.05, 0.1) is 18.5 Å². The van der Waals surface area contributed by atoms with Crippen LogP contribution in [0.1, 0.15) is 40.7 Å². The summed E-state index contributed by atoms with van der Waals surface area (Å²) in [7, 11) is 1.55. The standard InChI is InChI=1S/C21H22ClN3O2S/c1-3-11-4-6-15-12(8-11)9-14-18(23)19(28-21(14)25-15)20(26)24-16-10-13(22)5-7-17(16)27-2/h5,7,9-11H,3-4,6,8,23H2,1-2H3,(H,24,26)/t11-/m1/s1.